The molecule has 0 spiro atoms. The van der Waals surface area contributed by atoms with Crippen LogP contribution in [0.25, 0.3) is 0 Å². The van der Waals surface area contributed by atoms with E-state index in [-0.39, 0.29) is 11.3 Å². The molecular formula is C12H25NOS2. The maximum Gasteiger partial charge on any atom is 0.217 e. The maximum atomic E-state index is 10.8. The Bertz CT molecular complexity index is 214. The van der Waals surface area contributed by atoms with E-state index in [0.717, 1.165) is 25.0 Å². The van der Waals surface area contributed by atoms with Crippen LogP contribution in [0.2, 0.25) is 0 Å². The normalized spacial score (nSPS) is 15.8. The van der Waals surface area contributed by atoms with E-state index in [2.05, 4.69) is 46.0 Å². The van der Waals surface area contributed by atoms with Crippen LogP contribution in [0.3, 0.4) is 0 Å². The predicted molar refractivity (Wildman–Crippen MR) is 77.2 cm³/mol. The van der Waals surface area contributed by atoms with Crippen molar-refractivity contribution in [3.8, 4) is 0 Å². The van der Waals surface area contributed by atoms with Gasteiger partial charge < -0.3 is 5.73 Å². The molecule has 0 saturated carbocycles. The van der Waals surface area contributed by atoms with Crippen LogP contribution in [0.5, 0.6) is 0 Å². The summed E-state index contributed by atoms with van der Waals surface area (Å²) in [4.78, 5) is 10.8. The fourth-order valence-corrected chi connectivity index (χ4v) is 2.72. The quantitative estimate of drug-likeness (QED) is 0.608. The molecule has 0 heterocycles. The van der Waals surface area contributed by atoms with Crippen LogP contribution in [0.4, 0.5) is 0 Å². The highest BCUT2D eigenvalue weighted by Gasteiger charge is 2.26. The van der Waals surface area contributed by atoms with E-state index in [4.69, 9.17) is 5.73 Å². The molecule has 2 atom stereocenters. The first-order chi connectivity index (χ1) is 7.27. The van der Waals surface area contributed by atoms with Crippen molar-refractivity contribution < 1.29 is 4.79 Å². The molecule has 4 heteroatoms. The number of carbonyl (C=O) groups is 1. The molecule has 0 aromatic carbocycles. The Morgan fingerprint density at radius 1 is 1.31 bits per heavy atom. The molecule has 0 aliphatic carbocycles. The van der Waals surface area contributed by atoms with Crippen LogP contribution in [0.1, 0.15) is 46.5 Å². The minimum Gasteiger partial charge on any atom is -0.370 e. The number of carbonyl (C=O) groups excluding carboxylic acids is 1. The second-order valence-electron chi connectivity index (χ2n) is 5.47. The van der Waals surface area contributed by atoms with E-state index in [0.29, 0.717) is 17.6 Å². The van der Waals surface area contributed by atoms with Crippen LogP contribution >= 0.6 is 25.3 Å². The van der Waals surface area contributed by atoms with Gasteiger partial charge in [0.1, 0.15) is 0 Å². The Balaban J connectivity index is 4.27. The van der Waals surface area contributed by atoms with Crippen molar-refractivity contribution in [1.29, 1.82) is 0 Å². The van der Waals surface area contributed by atoms with Crippen LogP contribution in [-0.4, -0.2) is 16.9 Å². The minimum absolute atomic E-state index is 0.201. The monoisotopic (exact) mass is 263 g/mol. The number of hydrogen-bond acceptors (Lipinski definition) is 3. The SMILES string of the molecule is CC(C)(C)C(CCC(N)=O)CC(S)CCS. The summed E-state index contributed by atoms with van der Waals surface area (Å²) in [6, 6.07) is 0. The van der Waals surface area contributed by atoms with E-state index in [1.165, 1.54) is 0 Å². The van der Waals surface area contributed by atoms with Crippen molar-refractivity contribution in [2.75, 3.05) is 5.75 Å². The van der Waals surface area contributed by atoms with Crippen LogP contribution in [0, 0.1) is 11.3 Å². The summed E-state index contributed by atoms with van der Waals surface area (Å²) >= 11 is 8.78. The van der Waals surface area contributed by atoms with Gasteiger partial charge in [-0.1, -0.05) is 20.8 Å². The zero-order chi connectivity index (χ0) is 12.8. The van der Waals surface area contributed by atoms with Crippen molar-refractivity contribution in [3.63, 3.8) is 0 Å². The predicted octanol–water partition coefficient (Wildman–Crippen LogP) is 2.92. The van der Waals surface area contributed by atoms with Gasteiger partial charge >= 0.3 is 0 Å². The lowest BCUT2D eigenvalue weighted by Crippen LogP contribution is -2.25. The highest BCUT2D eigenvalue weighted by atomic mass is 32.1. The molecular weight excluding hydrogens is 238 g/mol. The fraction of sp³-hybridized carbons (Fsp3) is 0.917. The third-order valence-corrected chi connectivity index (χ3v) is 3.71. The highest BCUT2D eigenvalue weighted by Crippen LogP contribution is 2.35. The van der Waals surface area contributed by atoms with Gasteiger partial charge in [0.15, 0.2) is 0 Å². The molecule has 2 nitrogen and oxygen atoms in total. The third kappa shape index (κ3) is 7.44. The smallest absolute Gasteiger partial charge is 0.217 e. The largest absolute Gasteiger partial charge is 0.370 e. The molecule has 0 rings (SSSR count). The Morgan fingerprint density at radius 3 is 2.25 bits per heavy atom. The van der Waals surface area contributed by atoms with Crippen molar-refractivity contribution in [3.05, 3.63) is 0 Å². The standard InChI is InChI=1S/C12H25NOS2/c1-12(2,3)9(4-5-11(13)14)8-10(16)6-7-15/h9-10,15-16H,4-8H2,1-3H3,(H2,13,14). The number of primary amides is 1. The lowest BCUT2D eigenvalue weighted by molar-refractivity contribution is -0.118. The lowest BCUT2D eigenvalue weighted by Gasteiger charge is -2.32. The van der Waals surface area contributed by atoms with Gasteiger partial charge in [0.2, 0.25) is 5.91 Å². The molecule has 0 aliphatic rings. The average molecular weight is 263 g/mol. The maximum absolute atomic E-state index is 10.8. The van der Waals surface area contributed by atoms with Crippen molar-refractivity contribution >= 4 is 31.2 Å². The summed E-state index contributed by atoms with van der Waals surface area (Å²) in [6.07, 6.45) is 3.38. The fourth-order valence-electron chi connectivity index (χ4n) is 1.82. The molecule has 1 amide bonds. The number of rotatable bonds is 7. The first kappa shape index (κ1) is 16.2. The van der Waals surface area contributed by atoms with E-state index < -0.39 is 0 Å². The molecule has 0 aromatic heterocycles. The summed E-state index contributed by atoms with van der Waals surface area (Å²) in [5.74, 6) is 1.14. The van der Waals surface area contributed by atoms with Crippen LogP contribution < -0.4 is 5.73 Å². The van der Waals surface area contributed by atoms with Gasteiger partial charge in [0, 0.05) is 11.7 Å². The first-order valence-corrected chi connectivity index (χ1v) is 6.99. The van der Waals surface area contributed by atoms with Crippen LogP contribution in [0.15, 0.2) is 0 Å². The summed E-state index contributed by atoms with van der Waals surface area (Å²) in [6.45, 7) is 6.62. The van der Waals surface area contributed by atoms with Gasteiger partial charge in [0.25, 0.3) is 0 Å². The second kappa shape index (κ2) is 7.49. The highest BCUT2D eigenvalue weighted by molar-refractivity contribution is 7.81. The van der Waals surface area contributed by atoms with E-state index in [1.807, 2.05) is 0 Å². The Kier molecular flexibility index (Phi) is 7.57. The van der Waals surface area contributed by atoms with Gasteiger partial charge in [-0.2, -0.15) is 25.3 Å². The summed E-state index contributed by atoms with van der Waals surface area (Å²) in [7, 11) is 0. The molecule has 0 bridgehead atoms. The first-order valence-electron chi connectivity index (χ1n) is 5.84. The van der Waals surface area contributed by atoms with Crippen molar-refractivity contribution in [2.24, 2.45) is 17.1 Å². The van der Waals surface area contributed by atoms with E-state index in [1.54, 1.807) is 0 Å². The zero-order valence-corrected chi connectivity index (χ0v) is 12.4. The lowest BCUT2D eigenvalue weighted by atomic mass is 9.75. The van der Waals surface area contributed by atoms with E-state index in [9.17, 15) is 4.79 Å². The zero-order valence-electron chi connectivity index (χ0n) is 10.6. The molecule has 0 aliphatic heterocycles. The van der Waals surface area contributed by atoms with Crippen LogP contribution in [-0.2, 0) is 4.79 Å². The second-order valence-corrected chi connectivity index (χ2v) is 6.65. The topological polar surface area (TPSA) is 43.1 Å². The molecule has 96 valence electrons. The summed E-state index contributed by atoms with van der Waals surface area (Å²) in [5.41, 5.74) is 5.40. The molecule has 0 aromatic rings. The van der Waals surface area contributed by atoms with Gasteiger partial charge in [-0.3, -0.25) is 4.79 Å². The third-order valence-electron chi connectivity index (χ3n) is 2.98. The Hall–Kier alpha value is 0.170. The van der Waals surface area contributed by atoms with Gasteiger partial charge in [-0.25, -0.2) is 0 Å². The van der Waals surface area contributed by atoms with Gasteiger partial charge in [-0.05, 0) is 36.3 Å². The average Bonchev–Trinajstić information content (AvgIpc) is 2.10. The van der Waals surface area contributed by atoms with Crippen molar-refractivity contribution in [1.82, 2.24) is 0 Å². The molecule has 16 heavy (non-hydrogen) atoms. The number of nitrogens with two attached hydrogens (primary N) is 1. The Morgan fingerprint density at radius 2 is 1.88 bits per heavy atom. The van der Waals surface area contributed by atoms with Gasteiger partial charge in [-0.15, -0.1) is 0 Å². The Labute approximate surface area is 111 Å². The molecule has 0 saturated heterocycles. The van der Waals surface area contributed by atoms with E-state index >= 15 is 0 Å². The minimum atomic E-state index is -0.209. The number of hydrogen-bond donors (Lipinski definition) is 3. The molecule has 0 radical (unpaired) electrons. The summed E-state index contributed by atoms with van der Waals surface area (Å²) in [5, 5.41) is 0.370. The number of amides is 1. The van der Waals surface area contributed by atoms with Crippen molar-refractivity contribution in [2.45, 2.75) is 51.7 Å². The number of thiol groups is 2. The summed E-state index contributed by atoms with van der Waals surface area (Å²) < 4.78 is 0. The van der Waals surface area contributed by atoms with Gasteiger partial charge in [0.05, 0.1) is 0 Å². The molecule has 2 N–H and O–H groups in total. The molecule has 2 unspecified atom stereocenters. The molecule has 0 fully saturated rings.